The van der Waals surface area contributed by atoms with Crippen molar-refractivity contribution in [3.8, 4) is 0 Å². The molecule has 20 heavy (non-hydrogen) atoms. The van der Waals surface area contributed by atoms with Crippen molar-refractivity contribution >= 4 is 22.5 Å². The average Bonchev–Trinajstić information content (AvgIpc) is 3.05. The minimum atomic E-state index is 0.439. The van der Waals surface area contributed by atoms with E-state index in [4.69, 9.17) is 16.3 Å². The van der Waals surface area contributed by atoms with Crippen LogP contribution in [0, 0.1) is 5.92 Å². The van der Waals surface area contributed by atoms with Crippen LogP contribution in [0.15, 0.2) is 24.4 Å². The lowest BCUT2D eigenvalue weighted by Gasteiger charge is -2.19. The number of aromatic nitrogens is 1. The molecule has 1 saturated carbocycles. The number of aromatic amines is 1. The van der Waals surface area contributed by atoms with E-state index in [1.807, 2.05) is 12.1 Å². The van der Waals surface area contributed by atoms with Crippen molar-refractivity contribution in [1.29, 1.82) is 0 Å². The quantitative estimate of drug-likeness (QED) is 0.904. The Kier molecular flexibility index (Phi) is 3.21. The lowest BCUT2D eigenvalue weighted by molar-refractivity contribution is 0.0809. The van der Waals surface area contributed by atoms with Gasteiger partial charge in [0.1, 0.15) is 0 Å². The first kappa shape index (κ1) is 12.7. The summed E-state index contributed by atoms with van der Waals surface area (Å²) >= 11 is 6.02. The molecule has 1 aromatic heterocycles. The van der Waals surface area contributed by atoms with Gasteiger partial charge in [-0.3, -0.25) is 0 Å². The van der Waals surface area contributed by atoms with Gasteiger partial charge in [0.05, 0.1) is 6.10 Å². The van der Waals surface area contributed by atoms with Crippen molar-refractivity contribution in [3.05, 3.63) is 35.0 Å². The Labute approximate surface area is 123 Å². The highest BCUT2D eigenvalue weighted by Gasteiger charge is 2.40. The summed E-state index contributed by atoms with van der Waals surface area (Å²) in [5.74, 6) is 0.803. The maximum Gasteiger partial charge on any atom is 0.0757 e. The highest BCUT2D eigenvalue weighted by molar-refractivity contribution is 6.31. The Morgan fingerprint density at radius 3 is 3.05 bits per heavy atom. The van der Waals surface area contributed by atoms with Crippen molar-refractivity contribution in [3.63, 3.8) is 0 Å². The maximum absolute atomic E-state index is 6.02. The largest absolute Gasteiger partial charge is 0.376 e. The third kappa shape index (κ3) is 2.34. The van der Waals surface area contributed by atoms with Crippen LogP contribution in [0.4, 0.5) is 0 Å². The van der Waals surface area contributed by atoms with Crippen LogP contribution >= 0.6 is 11.6 Å². The molecule has 4 heteroatoms. The molecule has 106 valence electrons. The molecule has 2 N–H and O–H groups in total. The summed E-state index contributed by atoms with van der Waals surface area (Å²) in [7, 11) is 0. The van der Waals surface area contributed by atoms with Crippen LogP contribution < -0.4 is 5.32 Å². The highest BCUT2D eigenvalue weighted by Crippen LogP contribution is 2.38. The fourth-order valence-electron chi connectivity index (χ4n) is 3.26. The first-order valence-corrected chi connectivity index (χ1v) is 7.79. The fourth-order valence-corrected chi connectivity index (χ4v) is 3.44. The predicted octanol–water partition coefficient (Wildman–Crippen LogP) is 3.48. The van der Waals surface area contributed by atoms with Gasteiger partial charge in [-0.2, -0.15) is 0 Å². The maximum atomic E-state index is 6.02. The van der Waals surface area contributed by atoms with Gasteiger partial charge in [-0.25, -0.2) is 0 Å². The zero-order valence-electron chi connectivity index (χ0n) is 11.4. The predicted molar refractivity (Wildman–Crippen MR) is 81.0 cm³/mol. The van der Waals surface area contributed by atoms with E-state index in [1.54, 1.807) is 0 Å². The van der Waals surface area contributed by atoms with Gasteiger partial charge in [-0.1, -0.05) is 17.7 Å². The van der Waals surface area contributed by atoms with Gasteiger partial charge in [0.25, 0.3) is 0 Å². The summed E-state index contributed by atoms with van der Waals surface area (Å²) in [4.78, 5) is 3.30. The number of hydrogen-bond donors (Lipinski definition) is 2. The van der Waals surface area contributed by atoms with E-state index in [2.05, 4.69) is 22.6 Å². The molecule has 2 unspecified atom stereocenters. The number of hydrogen-bond acceptors (Lipinski definition) is 2. The average molecular weight is 291 g/mol. The number of nitrogens with one attached hydrogen (secondary N) is 2. The second kappa shape index (κ2) is 5.06. The van der Waals surface area contributed by atoms with E-state index >= 15 is 0 Å². The zero-order valence-corrected chi connectivity index (χ0v) is 12.1. The van der Waals surface area contributed by atoms with Crippen molar-refractivity contribution in [2.24, 2.45) is 5.92 Å². The Morgan fingerprint density at radius 2 is 2.20 bits per heavy atom. The van der Waals surface area contributed by atoms with Crippen LogP contribution in [0.1, 0.15) is 24.8 Å². The van der Waals surface area contributed by atoms with Gasteiger partial charge in [0.15, 0.2) is 0 Å². The molecule has 1 aliphatic heterocycles. The third-order valence-electron chi connectivity index (χ3n) is 4.51. The fraction of sp³-hybridized carbons (Fsp3) is 0.500. The molecule has 0 amide bonds. The molecule has 2 atom stereocenters. The van der Waals surface area contributed by atoms with E-state index in [0.29, 0.717) is 12.1 Å². The van der Waals surface area contributed by atoms with E-state index < -0.39 is 0 Å². The molecule has 0 radical (unpaired) electrons. The molecule has 3 nitrogen and oxygen atoms in total. The summed E-state index contributed by atoms with van der Waals surface area (Å²) in [5.41, 5.74) is 2.41. The standard InChI is InChI=1S/C16H19ClN2O/c17-12-3-4-13-11(9-19-15(13)7-12)8-18-14-5-6-20-16(14)10-1-2-10/h3-4,7,9-10,14,16,18-19H,1-2,5-6,8H2. The van der Waals surface area contributed by atoms with Gasteiger partial charge < -0.3 is 15.0 Å². The summed E-state index contributed by atoms with van der Waals surface area (Å²) in [6, 6.07) is 6.54. The first-order chi connectivity index (χ1) is 9.81. The van der Waals surface area contributed by atoms with Crippen LogP contribution in [0.3, 0.4) is 0 Å². The molecule has 2 aliphatic rings. The topological polar surface area (TPSA) is 37.0 Å². The van der Waals surface area contributed by atoms with Crippen LogP contribution in [0.5, 0.6) is 0 Å². The van der Waals surface area contributed by atoms with Crippen molar-refractivity contribution < 1.29 is 4.74 Å². The Balaban J connectivity index is 1.47. The van der Waals surface area contributed by atoms with Crippen LogP contribution in [-0.2, 0) is 11.3 Å². The van der Waals surface area contributed by atoms with Gasteiger partial charge in [-0.05, 0) is 42.9 Å². The van der Waals surface area contributed by atoms with E-state index in [9.17, 15) is 0 Å². The van der Waals surface area contributed by atoms with Crippen molar-refractivity contribution in [2.75, 3.05) is 6.61 Å². The number of halogens is 1. The molecule has 1 aliphatic carbocycles. The third-order valence-corrected chi connectivity index (χ3v) is 4.74. The number of rotatable bonds is 4. The second-order valence-electron chi connectivity index (χ2n) is 5.95. The Morgan fingerprint density at radius 1 is 1.30 bits per heavy atom. The zero-order chi connectivity index (χ0) is 13.5. The summed E-state index contributed by atoms with van der Waals surface area (Å²) < 4.78 is 5.87. The van der Waals surface area contributed by atoms with E-state index in [1.165, 1.54) is 23.8 Å². The van der Waals surface area contributed by atoms with Crippen molar-refractivity contribution in [2.45, 2.75) is 38.0 Å². The Hall–Kier alpha value is -1.03. The normalized spacial score (nSPS) is 26.4. The minimum Gasteiger partial charge on any atom is -0.376 e. The molecule has 1 saturated heterocycles. The van der Waals surface area contributed by atoms with E-state index in [-0.39, 0.29) is 0 Å². The SMILES string of the molecule is Clc1ccc2c(CNC3CCOC3C3CC3)c[nH]c2c1. The lowest BCUT2D eigenvalue weighted by atomic mass is 10.1. The summed E-state index contributed by atoms with van der Waals surface area (Å²) in [5, 5.41) is 5.71. The summed E-state index contributed by atoms with van der Waals surface area (Å²) in [6.45, 7) is 1.79. The first-order valence-electron chi connectivity index (χ1n) is 7.42. The van der Waals surface area contributed by atoms with Gasteiger partial charge in [-0.15, -0.1) is 0 Å². The van der Waals surface area contributed by atoms with Crippen LogP contribution in [-0.4, -0.2) is 23.7 Å². The lowest BCUT2D eigenvalue weighted by Crippen LogP contribution is -2.37. The number of benzene rings is 1. The van der Waals surface area contributed by atoms with E-state index in [0.717, 1.165) is 36.0 Å². The number of H-pyrrole nitrogens is 1. The molecule has 2 fully saturated rings. The number of ether oxygens (including phenoxy) is 1. The molecular formula is C16H19ClN2O. The Bertz CT molecular complexity index is 620. The van der Waals surface area contributed by atoms with Gasteiger partial charge >= 0.3 is 0 Å². The molecular weight excluding hydrogens is 272 g/mol. The minimum absolute atomic E-state index is 0.439. The second-order valence-corrected chi connectivity index (χ2v) is 6.39. The molecule has 0 bridgehead atoms. The summed E-state index contributed by atoms with van der Waals surface area (Å²) in [6.07, 6.45) is 6.34. The molecule has 1 aromatic carbocycles. The van der Waals surface area contributed by atoms with Crippen LogP contribution in [0.2, 0.25) is 5.02 Å². The highest BCUT2D eigenvalue weighted by atomic mass is 35.5. The molecule has 2 heterocycles. The van der Waals surface area contributed by atoms with Gasteiger partial charge in [0, 0.05) is 41.3 Å². The number of fused-ring (bicyclic) bond motifs is 1. The smallest absolute Gasteiger partial charge is 0.0757 e. The monoisotopic (exact) mass is 290 g/mol. The molecule has 0 spiro atoms. The van der Waals surface area contributed by atoms with Gasteiger partial charge in [0.2, 0.25) is 0 Å². The molecule has 2 aromatic rings. The van der Waals surface area contributed by atoms with Crippen LogP contribution in [0.25, 0.3) is 10.9 Å². The van der Waals surface area contributed by atoms with Crippen molar-refractivity contribution in [1.82, 2.24) is 10.3 Å². The molecule has 4 rings (SSSR count).